The Morgan fingerprint density at radius 3 is 0.271 bits per heavy atom. The summed E-state index contributed by atoms with van der Waals surface area (Å²) in [6.07, 6.45) is -66.0. The van der Waals surface area contributed by atoms with Crippen molar-refractivity contribution in [2.75, 3.05) is 0 Å². The fraction of sp³-hybridized carbons (Fsp3) is 0.231. The van der Waals surface area contributed by atoms with Gasteiger partial charge in [-0.3, -0.25) is 0 Å². The van der Waals surface area contributed by atoms with Gasteiger partial charge in [0.05, 0.1) is 66.8 Å². The fourth-order valence-corrected chi connectivity index (χ4v) is 21.5. The van der Waals surface area contributed by atoms with Crippen LogP contribution in [0.4, 0.5) is 158 Å². The van der Waals surface area contributed by atoms with Crippen molar-refractivity contribution in [2.24, 2.45) is 0 Å². The van der Waals surface area contributed by atoms with Crippen LogP contribution in [0.2, 0.25) is 8.63 Å². The maximum absolute atomic E-state index is 13.3. The second-order valence-corrected chi connectivity index (χ2v) is 37.6. The zero-order valence-corrected chi connectivity index (χ0v) is 77.5. The van der Waals surface area contributed by atoms with Gasteiger partial charge in [-0.05, 0) is 0 Å². The Balaban J connectivity index is 0.000000187. The average molecular weight is 2100 g/mol. The van der Waals surface area contributed by atoms with Gasteiger partial charge in [-0.25, -0.2) is 0 Å². The van der Waals surface area contributed by atoms with E-state index in [9.17, 15) is 158 Å². The molecule has 12 aromatic carbocycles. The molecule has 0 nitrogen and oxygen atoms in total. The maximum atomic E-state index is 13.3. The zero-order chi connectivity index (χ0) is 108. The molecule has 2 aliphatic rings. The van der Waals surface area contributed by atoms with Crippen LogP contribution in [0.1, 0.15) is 136 Å². The van der Waals surface area contributed by atoms with Crippen LogP contribution in [0.3, 0.4) is 0 Å². The van der Waals surface area contributed by atoms with Crippen molar-refractivity contribution in [3.05, 3.63) is 403 Å². The van der Waals surface area contributed by atoms with E-state index in [0.717, 1.165) is 146 Å². The van der Waals surface area contributed by atoms with Crippen molar-refractivity contribution in [1.29, 1.82) is 0 Å². The number of halogens is 36. The molecule has 12 aromatic rings. The molecule has 144 heavy (non-hydrogen) atoms. The number of allylic oxidation sites excluding steroid dienone is 8. The first-order valence-corrected chi connectivity index (χ1v) is 44.1. The third kappa shape index (κ3) is 23.0. The Hall–Kier alpha value is -12.2. The maximum Gasteiger partial charge on any atom is 0.416 e. The van der Waals surface area contributed by atoms with Gasteiger partial charge in [0.1, 0.15) is 18.4 Å². The van der Waals surface area contributed by atoms with Gasteiger partial charge in [-0.1, -0.05) is 291 Å². The molecule has 0 fully saturated rings. The summed E-state index contributed by atoms with van der Waals surface area (Å²) >= 11 is 1.19. The largest absolute Gasteiger partial charge is 0.416 e. The first kappa shape index (κ1) is 112. The minimum atomic E-state index is -4.77. The van der Waals surface area contributed by atoms with Crippen LogP contribution in [0.25, 0.3) is 0 Å². The van der Waals surface area contributed by atoms with E-state index in [4.69, 9.17) is 0 Å². The number of benzene rings is 12. The van der Waals surface area contributed by atoms with E-state index >= 15 is 0 Å². The molecule has 0 aromatic heterocycles. The van der Waals surface area contributed by atoms with Gasteiger partial charge in [0, 0.05) is 0 Å². The van der Waals surface area contributed by atoms with Gasteiger partial charge >= 0.3 is 212 Å². The molecule has 0 radical (unpaired) electrons. The number of alkyl halides is 36. The predicted molar refractivity (Wildman–Crippen MR) is 480 cm³/mol. The van der Waals surface area contributed by atoms with Crippen molar-refractivity contribution >= 4 is 84.0 Å². The second-order valence-electron chi connectivity index (χ2n) is 35.1. The standard InChI is InChI=1S/3C28H16BF12.2C10H15.Fe/c3*30-25(31,32)17-1-9-21(10-2-17)29(22-11-3-18(4-12-22)26(33,34)35,23-13-5-19(6-14-23)27(36,37)38)24-15-7-20(8-16-24)28(39,40)41;2*1-6-7(2)9(4)10(5)8(6)3;/h3*1-16H;2*1-5H3;/q3*-1;;;+3. The SMILES string of the molecule is CC1=C(C)[C](C)([Fe+3][C]2(C)C(C)=C(C)C(C)=C2C)C(C)=C1C.FC(F)(F)c1ccc([B-](c2ccc(C(F)(F)F)cc2)(c2ccc(C(F)(F)F)cc2)c2ccc(C(F)(F)F)cc2)cc1.FC(F)(F)c1ccc([B-](c2ccc(C(F)(F)F)cc2)(c2ccc(C(F)(F)F)cc2)c2ccc(C(F)(F)F)cc2)cc1.FC(F)(F)c1ccc([B-](c2ccc(C(F)(F)F)cc2)(c2ccc(C(F)(F)F)cc2)c2ccc(C(F)(F)F)cc2)cc1. The minimum Gasteiger partial charge on any atom is -0.195 e. The van der Waals surface area contributed by atoms with Gasteiger partial charge in [0.15, 0.2) is 0 Å². The molecule has 0 aliphatic heterocycles. The molecule has 0 saturated carbocycles. The molecule has 0 N–H and O–H groups in total. The molecular weight excluding hydrogens is 2020 g/mol. The molecule has 14 rings (SSSR count). The van der Waals surface area contributed by atoms with Crippen molar-refractivity contribution in [1.82, 2.24) is 0 Å². The number of rotatable bonds is 14. The van der Waals surface area contributed by atoms with Crippen LogP contribution in [0.15, 0.2) is 336 Å². The summed E-state index contributed by atoms with van der Waals surface area (Å²) in [5.74, 6) is 0. The minimum absolute atomic E-state index is 0.0114. The molecule has 0 bridgehead atoms. The van der Waals surface area contributed by atoms with Gasteiger partial charge in [0.2, 0.25) is 0 Å². The van der Waals surface area contributed by atoms with Gasteiger partial charge < -0.3 is 0 Å². The van der Waals surface area contributed by atoms with E-state index < -0.39 is 159 Å². The van der Waals surface area contributed by atoms with Crippen LogP contribution in [-0.4, -0.2) is 18.4 Å². The van der Waals surface area contributed by atoms with E-state index in [0.29, 0.717) is 146 Å². The second kappa shape index (κ2) is 40.0. The summed E-state index contributed by atoms with van der Waals surface area (Å²) < 4.78 is 481. The summed E-state index contributed by atoms with van der Waals surface area (Å²) in [6.45, 7) is 23.4. The smallest absolute Gasteiger partial charge is 0.195 e. The first-order valence-electron chi connectivity index (χ1n) is 43.0. The van der Waals surface area contributed by atoms with Crippen LogP contribution in [0, 0.1) is 0 Å². The molecule has 763 valence electrons. The molecule has 0 unspecified atom stereocenters. The van der Waals surface area contributed by atoms with Crippen molar-refractivity contribution in [3.8, 4) is 0 Å². The van der Waals surface area contributed by atoms with Crippen LogP contribution in [-0.2, 0) is 89.1 Å². The van der Waals surface area contributed by atoms with E-state index in [1.54, 1.807) is 22.3 Å². The van der Waals surface area contributed by atoms with E-state index in [2.05, 4.69) is 69.2 Å². The first-order chi connectivity index (χ1) is 66.0. The van der Waals surface area contributed by atoms with Gasteiger partial charge in [-0.15, -0.1) is 0 Å². The Morgan fingerprint density at radius 1 is 0.139 bits per heavy atom. The van der Waals surface area contributed by atoms with Crippen LogP contribution >= 0.6 is 0 Å². The number of hydrogen-bond donors (Lipinski definition) is 0. The predicted octanol–water partition coefficient (Wildman–Crippen LogP) is 28.2. The zero-order valence-electron chi connectivity index (χ0n) is 76.4. The molecule has 0 saturated heterocycles. The molecular formula is C104H78B3F36Fe. The van der Waals surface area contributed by atoms with Gasteiger partial charge in [-0.2, -0.15) is 224 Å². The summed E-state index contributed by atoms with van der Waals surface area (Å²) in [7, 11) is 0. The molecule has 0 heterocycles. The molecule has 40 heteroatoms. The summed E-state index contributed by atoms with van der Waals surface area (Å²) in [6, 6.07) is 40.7. The molecule has 0 atom stereocenters. The average Bonchev–Trinajstić information content (AvgIpc) is 0.901. The van der Waals surface area contributed by atoms with Crippen molar-refractivity contribution in [3.63, 3.8) is 0 Å². The number of hydrogen-bond acceptors (Lipinski definition) is 0. The van der Waals surface area contributed by atoms with E-state index in [-0.39, 0.29) is 74.2 Å². The Labute approximate surface area is 807 Å². The fourth-order valence-electron chi connectivity index (χ4n) is 18.7. The topological polar surface area (TPSA) is 0 Å². The summed E-state index contributed by atoms with van der Waals surface area (Å²) in [5.41, 5.74) is -0.569. The summed E-state index contributed by atoms with van der Waals surface area (Å²) in [5, 5.41) is 0. The third-order valence-electron chi connectivity index (χ3n) is 27.4. The van der Waals surface area contributed by atoms with Crippen LogP contribution in [0.5, 0.6) is 0 Å². The quantitative estimate of drug-likeness (QED) is 0.0752. The molecule has 2 aliphatic carbocycles. The Kier molecular flexibility index (Phi) is 31.1. The Morgan fingerprint density at radius 2 is 0.208 bits per heavy atom. The third-order valence-corrected chi connectivity index (χ3v) is 30.1. The normalized spacial score (nSPS) is 15.0. The van der Waals surface area contributed by atoms with Crippen molar-refractivity contribution in [2.45, 2.75) is 152 Å². The van der Waals surface area contributed by atoms with Crippen molar-refractivity contribution < 1.29 is 173 Å². The van der Waals surface area contributed by atoms with Gasteiger partial charge in [0.25, 0.3) is 0 Å². The monoisotopic (exact) mass is 2100 g/mol. The van der Waals surface area contributed by atoms with E-state index in [1.807, 2.05) is 0 Å². The van der Waals surface area contributed by atoms with Crippen LogP contribution < -0.4 is 65.6 Å². The van der Waals surface area contributed by atoms with E-state index in [1.165, 1.54) is 37.2 Å². The Bertz CT molecular complexity index is 5300. The molecule has 0 spiro atoms. The molecule has 0 amide bonds. The summed E-state index contributed by atoms with van der Waals surface area (Å²) in [4.78, 5) is 0.